The van der Waals surface area contributed by atoms with Crippen molar-refractivity contribution in [3.8, 4) is 0 Å². The second-order valence-electron chi connectivity index (χ2n) is 5.25. The van der Waals surface area contributed by atoms with Crippen LogP contribution >= 0.6 is 11.8 Å². The third kappa shape index (κ3) is 4.07. The zero-order chi connectivity index (χ0) is 15.5. The molecule has 0 radical (unpaired) electrons. The fraction of sp³-hybridized carbons (Fsp3) is 0.600. The van der Waals surface area contributed by atoms with Crippen LogP contribution in [0.3, 0.4) is 0 Å². The van der Waals surface area contributed by atoms with Gasteiger partial charge in [0.1, 0.15) is 0 Å². The average Bonchev–Trinajstić information content (AvgIpc) is 2.44. The first-order chi connectivity index (χ1) is 9.93. The fourth-order valence-electron chi connectivity index (χ4n) is 2.53. The van der Waals surface area contributed by atoms with E-state index in [0.29, 0.717) is 24.3 Å². The van der Waals surface area contributed by atoms with Gasteiger partial charge in [0.2, 0.25) is 0 Å². The number of nitrogens with one attached hydrogen (secondary N) is 1. The van der Waals surface area contributed by atoms with Crippen LogP contribution in [0.2, 0.25) is 0 Å². The quantitative estimate of drug-likeness (QED) is 0.910. The molecule has 0 spiro atoms. The number of alkyl halides is 3. The van der Waals surface area contributed by atoms with Crippen LogP contribution in [0.4, 0.5) is 18.9 Å². The first kappa shape index (κ1) is 16.5. The van der Waals surface area contributed by atoms with Crippen molar-refractivity contribution in [1.82, 2.24) is 5.32 Å². The topological polar surface area (TPSA) is 15.3 Å². The van der Waals surface area contributed by atoms with Crippen molar-refractivity contribution in [2.24, 2.45) is 0 Å². The smallest absolute Gasteiger partial charge is 0.367 e. The van der Waals surface area contributed by atoms with Gasteiger partial charge in [-0.25, -0.2) is 0 Å². The summed E-state index contributed by atoms with van der Waals surface area (Å²) in [5, 5.41) is 3.07. The van der Waals surface area contributed by atoms with Gasteiger partial charge in [-0.1, -0.05) is 13.0 Å². The SMILES string of the molecule is CCNCc1ccc(N2CCSCC2C)c(C(F)(F)F)c1. The van der Waals surface area contributed by atoms with E-state index in [1.165, 1.54) is 6.07 Å². The van der Waals surface area contributed by atoms with E-state index in [1.807, 2.05) is 18.7 Å². The summed E-state index contributed by atoms with van der Waals surface area (Å²) in [5.41, 5.74) is 0.471. The van der Waals surface area contributed by atoms with Crippen molar-refractivity contribution in [3.63, 3.8) is 0 Å². The Kier molecular flexibility index (Phi) is 5.43. The number of thioether (sulfide) groups is 1. The molecular formula is C15H21F3N2S. The van der Waals surface area contributed by atoms with Gasteiger partial charge in [-0.3, -0.25) is 0 Å². The van der Waals surface area contributed by atoms with Gasteiger partial charge in [-0.15, -0.1) is 0 Å². The predicted molar refractivity (Wildman–Crippen MR) is 83.0 cm³/mol. The maximum Gasteiger partial charge on any atom is 0.418 e. The van der Waals surface area contributed by atoms with Gasteiger partial charge >= 0.3 is 6.18 Å². The van der Waals surface area contributed by atoms with Crippen LogP contribution in [-0.2, 0) is 12.7 Å². The second kappa shape index (κ2) is 6.92. The van der Waals surface area contributed by atoms with Crippen LogP contribution < -0.4 is 10.2 Å². The molecule has 1 fully saturated rings. The minimum absolute atomic E-state index is 0.129. The van der Waals surface area contributed by atoms with Crippen molar-refractivity contribution in [2.45, 2.75) is 32.6 Å². The Balaban J connectivity index is 2.35. The normalized spacial score (nSPS) is 19.9. The Hall–Kier alpha value is -0.880. The highest BCUT2D eigenvalue weighted by Gasteiger charge is 2.36. The molecule has 0 bridgehead atoms. The lowest BCUT2D eigenvalue weighted by atomic mass is 10.1. The second-order valence-corrected chi connectivity index (χ2v) is 6.40. The molecule has 1 aromatic rings. The monoisotopic (exact) mass is 318 g/mol. The highest BCUT2D eigenvalue weighted by atomic mass is 32.2. The van der Waals surface area contributed by atoms with Crippen molar-refractivity contribution >= 4 is 17.4 Å². The Labute approximate surface area is 128 Å². The molecule has 0 saturated carbocycles. The van der Waals surface area contributed by atoms with E-state index in [9.17, 15) is 13.2 Å². The van der Waals surface area contributed by atoms with Crippen molar-refractivity contribution in [1.29, 1.82) is 0 Å². The molecule has 0 aliphatic carbocycles. The number of halogens is 3. The van der Waals surface area contributed by atoms with Gasteiger partial charge in [0.25, 0.3) is 0 Å². The Bertz CT molecular complexity index is 476. The van der Waals surface area contributed by atoms with Gasteiger partial charge in [-0.2, -0.15) is 24.9 Å². The zero-order valence-electron chi connectivity index (χ0n) is 12.3. The number of anilines is 1. The van der Waals surface area contributed by atoms with Crippen molar-refractivity contribution < 1.29 is 13.2 Å². The minimum Gasteiger partial charge on any atom is -0.367 e. The first-order valence-electron chi connectivity index (χ1n) is 7.18. The fourth-order valence-corrected chi connectivity index (χ4v) is 3.54. The first-order valence-corrected chi connectivity index (χ1v) is 8.34. The van der Waals surface area contributed by atoms with Gasteiger partial charge in [-0.05, 0) is 31.2 Å². The minimum atomic E-state index is -4.32. The predicted octanol–water partition coefficient (Wildman–Crippen LogP) is 3.76. The van der Waals surface area contributed by atoms with Crippen LogP contribution in [0, 0.1) is 0 Å². The van der Waals surface area contributed by atoms with Crippen molar-refractivity contribution in [3.05, 3.63) is 29.3 Å². The molecule has 6 heteroatoms. The van der Waals surface area contributed by atoms with E-state index < -0.39 is 11.7 Å². The summed E-state index contributed by atoms with van der Waals surface area (Å²) in [7, 11) is 0. The molecule has 1 atom stereocenters. The lowest BCUT2D eigenvalue weighted by molar-refractivity contribution is -0.137. The van der Waals surface area contributed by atoms with E-state index >= 15 is 0 Å². The molecule has 2 nitrogen and oxygen atoms in total. The molecule has 1 N–H and O–H groups in total. The number of benzene rings is 1. The van der Waals surface area contributed by atoms with Crippen LogP contribution in [0.25, 0.3) is 0 Å². The molecule has 1 aromatic carbocycles. The summed E-state index contributed by atoms with van der Waals surface area (Å²) >= 11 is 1.80. The molecule has 21 heavy (non-hydrogen) atoms. The van der Waals surface area contributed by atoms with Gasteiger partial charge in [0, 0.05) is 36.3 Å². The van der Waals surface area contributed by atoms with Crippen LogP contribution in [-0.4, -0.2) is 30.6 Å². The third-order valence-electron chi connectivity index (χ3n) is 3.62. The molecule has 1 heterocycles. The molecular weight excluding hydrogens is 297 g/mol. The van der Waals surface area contributed by atoms with E-state index in [0.717, 1.165) is 18.1 Å². The summed E-state index contributed by atoms with van der Waals surface area (Å²) in [5.74, 6) is 1.75. The third-order valence-corrected chi connectivity index (χ3v) is 4.81. The molecule has 0 aromatic heterocycles. The van der Waals surface area contributed by atoms with Gasteiger partial charge in [0.05, 0.1) is 5.56 Å². The Morgan fingerprint density at radius 3 is 2.76 bits per heavy atom. The highest BCUT2D eigenvalue weighted by Crippen LogP contribution is 2.39. The molecule has 1 aliphatic rings. The molecule has 1 unspecified atom stereocenters. The summed E-state index contributed by atoms with van der Waals surface area (Å²) in [6.07, 6.45) is -4.32. The summed E-state index contributed by atoms with van der Waals surface area (Å²) in [6.45, 7) is 5.79. The highest BCUT2D eigenvalue weighted by molar-refractivity contribution is 7.99. The van der Waals surface area contributed by atoms with Crippen molar-refractivity contribution in [2.75, 3.05) is 29.5 Å². The van der Waals surface area contributed by atoms with Crippen LogP contribution in [0.1, 0.15) is 25.0 Å². The molecule has 1 saturated heterocycles. The zero-order valence-corrected chi connectivity index (χ0v) is 13.2. The van der Waals surface area contributed by atoms with E-state index in [-0.39, 0.29) is 6.04 Å². The van der Waals surface area contributed by atoms with E-state index in [1.54, 1.807) is 23.9 Å². The van der Waals surface area contributed by atoms with Crippen LogP contribution in [0.15, 0.2) is 18.2 Å². The molecule has 0 amide bonds. The van der Waals surface area contributed by atoms with Gasteiger partial charge < -0.3 is 10.2 Å². The maximum atomic E-state index is 13.4. The lowest BCUT2D eigenvalue weighted by Crippen LogP contribution is -2.41. The molecule has 118 valence electrons. The van der Waals surface area contributed by atoms with Gasteiger partial charge in [0.15, 0.2) is 0 Å². The number of hydrogen-bond acceptors (Lipinski definition) is 3. The number of hydrogen-bond donors (Lipinski definition) is 1. The molecule has 2 rings (SSSR count). The average molecular weight is 318 g/mol. The van der Waals surface area contributed by atoms with E-state index in [4.69, 9.17) is 0 Å². The summed E-state index contributed by atoms with van der Waals surface area (Å²) in [6, 6.07) is 4.83. The Morgan fingerprint density at radius 2 is 2.14 bits per heavy atom. The van der Waals surface area contributed by atoms with E-state index in [2.05, 4.69) is 5.32 Å². The number of nitrogens with zero attached hydrogens (tertiary/aromatic N) is 1. The standard InChI is InChI=1S/C15H21F3N2S/c1-3-19-9-12-4-5-14(13(8-12)15(16,17)18)20-6-7-21-10-11(20)2/h4-5,8,11,19H,3,6-7,9-10H2,1-2H3. The largest absolute Gasteiger partial charge is 0.418 e. The Morgan fingerprint density at radius 1 is 1.38 bits per heavy atom. The summed E-state index contributed by atoms with van der Waals surface area (Å²) in [4.78, 5) is 1.89. The van der Waals surface area contributed by atoms with Crippen LogP contribution in [0.5, 0.6) is 0 Å². The summed E-state index contributed by atoms with van der Waals surface area (Å²) < 4.78 is 40.1. The number of rotatable bonds is 4. The maximum absolute atomic E-state index is 13.4. The molecule has 1 aliphatic heterocycles. The lowest BCUT2D eigenvalue weighted by Gasteiger charge is -2.36.